The molecule has 0 bridgehead atoms. The van der Waals surface area contributed by atoms with Crippen LogP contribution < -0.4 is 10.1 Å². The summed E-state index contributed by atoms with van der Waals surface area (Å²) in [7, 11) is 1.96. The van der Waals surface area contributed by atoms with Gasteiger partial charge < -0.3 is 15.0 Å². The van der Waals surface area contributed by atoms with Crippen LogP contribution in [0.5, 0.6) is 5.75 Å². The van der Waals surface area contributed by atoms with E-state index < -0.39 is 0 Å². The predicted octanol–water partition coefficient (Wildman–Crippen LogP) is 2.94. The quantitative estimate of drug-likeness (QED) is 0.751. The molecule has 1 aromatic carbocycles. The van der Waals surface area contributed by atoms with Gasteiger partial charge >= 0.3 is 0 Å². The van der Waals surface area contributed by atoms with Crippen molar-refractivity contribution in [2.75, 3.05) is 33.3 Å². The fourth-order valence-electron chi connectivity index (χ4n) is 2.89. The van der Waals surface area contributed by atoms with E-state index in [0.717, 1.165) is 50.4 Å². The Morgan fingerprint density at radius 1 is 1.32 bits per heavy atom. The molecule has 4 nitrogen and oxygen atoms in total. The van der Waals surface area contributed by atoms with Gasteiger partial charge in [0.2, 0.25) is 0 Å². The van der Waals surface area contributed by atoms with Crippen LogP contribution in [0.2, 0.25) is 0 Å². The van der Waals surface area contributed by atoms with Crippen molar-refractivity contribution in [2.24, 2.45) is 5.92 Å². The van der Waals surface area contributed by atoms with Crippen molar-refractivity contribution in [3.05, 3.63) is 29.8 Å². The number of rotatable bonds is 8. The lowest BCUT2D eigenvalue weighted by atomic mass is 10.1. The van der Waals surface area contributed by atoms with Gasteiger partial charge in [0.15, 0.2) is 0 Å². The van der Waals surface area contributed by atoms with E-state index in [9.17, 15) is 4.79 Å². The molecule has 122 valence electrons. The molecule has 1 amide bonds. The van der Waals surface area contributed by atoms with Gasteiger partial charge in [0.25, 0.3) is 5.91 Å². The second-order valence-corrected chi connectivity index (χ2v) is 6.04. The van der Waals surface area contributed by atoms with Crippen molar-refractivity contribution in [3.63, 3.8) is 0 Å². The molecule has 1 aromatic rings. The molecule has 1 heterocycles. The first kappa shape index (κ1) is 16.8. The van der Waals surface area contributed by atoms with Crippen LogP contribution in [0.1, 0.15) is 43.0 Å². The Morgan fingerprint density at radius 3 is 2.77 bits per heavy atom. The number of ether oxygens (including phenoxy) is 1. The largest absolute Gasteiger partial charge is 0.494 e. The highest BCUT2D eigenvalue weighted by molar-refractivity contribution is 5.94. The summed E-state index contributed by atoms with van der Waals surface area (Å²) in [5.74, 6) is 1.56. The zero-order valence-electron chi connectivity index (χ0n) is 13.8. The minimum atomic E-state index is 0.135. The lowest BCUT2D eigenvalue weighted by molar-refractivity contribution is 0.0787. The predicted molar refractivity (Wildman–Crippen MR) is 89.4 cm³/mol. The third kappa shape index (κ3) is 4.73. The fourth-order valence-corrected chi connectivity index (χ4v) is 2.89. The zero-order valence-corrected chi connectivity index (χ0v) is 13.8. The van der Waals surface area contributed by atoms with E-state index in [1.807, 2.05) is 36.2 Å². The van der Waals surface area contributed by atoms with Crippen LogP contribution in [0.4, 0.5) is 0 Å². The van der Waals surface area contributed by atoms with Gasteiger partial charge in [-0.05, 0) is 56.6 Å². The van der Waals surface area contributed by atoms with Crippen LogP contribution in [0.15, 0.2) is 24.3 Å². The lowest BCUT2D eigenvalue weighted by Gasteiger charge is -2.17. The number of carbonyl (C=O) groups is 1. The Balaban J connectivity index is 1.83. The van der Waals surface area contributed by atoms with Gasteiger partial charge in [-0.3, -0.25) is 4.79 Å². The highest BCUT2D eigenvalue weighted by atomic mass is 16.5. The van der Waals surface area contributed by atoms with Gasteiger partial charge in [0, 0.05) is 18.7 Å². The lowest BCUT2D eigenvalue weighted by Crippen LogP contribution is -2.30. The number of carbonyl (C=O) groups excluding carboxylic acids is 1. The molecular formula is C18H28N2O2. The standard InChI is InChI=1S/C18H28N2O2/c1-3-4-5-12-22-17-8-6-16(7-9-17)18(21)20-11-10-15(14-20)13-19-2/h6-9,15,19H,3-5,10-14H2,1-2H3. The SMILES string of the molecule is CCCCCOc1ccc(C(=O)N2CCC(CNC)C2)cc1. The topological polar surface area (TPSA) is 41.6 Å². The Morgan fingerprint density at radius 2 is 2.09 bits per heavy atom. The van der Waals surface area contributed by atoms with E-state index in [0.29, 0.717) is 5.92 Å². The third-order valence-electron chi connectivity index (χ3n) is 4.18. The van der Waals surface area contributed by atoms with Crippen LogP contribution in [0.25, 0.3) is 0 Å². The van der Waals surface area contributed by atoms with Crippen molar-refractivity contribution in [1.29, 1.82) is 0 Å². The van der Waals surface area contributed by atoms with Crippen molar-refractivity contribution >= 4 is 5.91 Å². The number of unbranched alkanes of at least 4 members (excludes halogenated alkanes) is 2. The maximum atomic E-state index is 12.5. The van der Waals surface area contributed by atoms with Crippen LogP contribution in [-0.4, -0.2) is 44.1 Å². The second kappa shape index (κ2) is 8.79. The first-order chi connectivity index (χ1) is 10.7. The molecule has 22 heavy (non-hydrogen) atoms. The second-order valence-electron chi connectivity index (χ2n) is 6.04. The third-order valence-corrected chi connectivity index (χ3v) is 4.18. The maximum Gasteiger partial charge on any atom is 0.253 e. The van der Waals surface area contributed by atoms with Gasteiger partial charge in [0.05, 0.1) is 6.61 Å². The molecule has 1 atom stereocenters. The molecule has 0 saturated carbocycles. The smallest absolute Gasteiger partial charge is 0.253 e. The van der Waals surface area contributed by atoms with Crippen molar-refractivity contribution in [2.45, 2.75) is 32.6 Å². The molecule has 0 aromatic heterocycles. The molecule has 1 N–H and O–H groups in total. The van der Waals surface area contributed by atoms with Gasteiger partial charge in [0.1, 0.15) is 5.75 Å². The Labute approximate surface area is 133 Å². The number of nitrogens with one attached hydrogen (secondary N) is 1. The molecule has 0 spiro atoms. The molecule has 1 unspecified atom stereocenters. The van der Waals surface area contributed by atoms with E-state index in [-0.39, 0.29) is 5.91 Å². The van der Waals surface area contributed by atoms with Crippen molar-refractivity contribution in [3.8, 4) is 5.75 Å². The maximum absolute atomic E-state index is 12.5. The Kier molecular flexibility index (Phi) is 6.72. The number of amides is 1. The van der Waals surface area contributed by atoms with Gasteiger partial charge in [-0.2, -0.15) is 0 Å². The summed E-state index contributed by atoms with van der Waals surface area (Å²) in [6.45, 7) is 5.63. The molecule has 1 aliphatic rings. The summed E-state index contributed by atoms with van der Waals surface area (Å²) < 4.78 is 5.68. The van der Waals surface area contributed by atoms with E-state index in [4.69, 9.17) is 4.74 Å². The average Bonchev–Trinajstić information content (AvgIpc) is 3.00. The van der Waals surface area contributed by atoms with Crippen LogP contribution in [0.3, 0.4) is 0 Å². The van der Waals surface area contributed by atoms with Crippen molar-refractivity contribution in [1.82, 2.24) is 10.2 Å². The van der Waals surface area contributed by atoms with Gasteiger partial charge in [-0.25, -0.2) is 0 Å². The van der Waals surface area contributed by atoms with E-state index in [1.165, 1.54) is 12.8 Å². The Bertz CT molecular complexity index is 459. The average molecular weight is 304 g/mol. The normalized spacial score (nSPS) is 17.7. The van der Waals surface area contributed by atoms with Gasteiger partial charge in [-0.1, -0.05) is 19.8 Å². The molecule has 1 fully saturated rings. The number of likely N-dealkylation sites (tertiary alicyclic amines) is 1. The molecule has 1 saturated heterocycles. The summed E-state index contributed by atoms with van der Waals surface area (Å²) in [5.41, 5.74) is 0.756. The van der Waals surface area contributed by atoms with Gasteiger partial charge in [-0.15, -0.1) is 0 Å². The first-order valence-electron chi connectivity index (χ1n) is 8.41. The number of benzene rings is 1. The number of nitrogens with zero attached hydrogens (tertiary/aromatic N) is 1. The van der Waals surface area contributed by atoms with Crippen LogP contribution >= 0.6 is 0 Å². The molecule has 1 aliphatic heterocycles. The van der Waals surface area contributed by atoms with Crippen molar-refractivity contribution < 1.29 is 9.53 Å². The minimum absolute atomic E-state index is 0.135. The summed E-state index contributed by atoms with van der Waals surface area (Å²) in [4.78, 5) is 14.4. The number of hydrogen-bond acceptors (Lipinski definition) is 3. The summed E-state index contributed by atoms with van der Waals surface area (Å²) in [5, 5.41) is 3.19. The minimum Gasteiger partial charge on any atom is -0.494 e. The highest BCUT2D eigenvalue weighted by Crippen LogP contribution is 2.20. The zero-order chi connectivity index (χ0) is 15.8. The van der Waals surface area contributed by atoms with Crippen LogP contribution in [0, 0.1) is 5.92 Å². The first-order valence-corrected chi connectivity index (χ1v) is 8.41. The summed E-state index contributed by atoms with van der Waals surface area (Å²) >= 11 is 0. The number of hydrogen-bond donors (Lipinski definition) is 1. The molecule has 4 heteroatoms. The highest BCUT2D eigenvalue weighted by Gasteiger charge is 2.26. The molecular weight excluding hydrogens is 276 g/mol. The van der Waals surface area contributed by atoms with E-state index in [1.54, 1.807) is 0 Å². The summed E-state index contributed by atoms with van der Waals surface area (Å²) in [6.07, 6.45) is 4.56. The molecule has 0 aliphatic carbocycles. The summed E-state index contributed by atoms with van der Waals surface area (Å²) in [6, 6.07) is 7.56. The molecule has 0 radical (unpaired) electrons. The van der Waals surface area contributed by atoms with Crippen LogP contribution in [-0.2, 0) is 0 Å². The van der Waals surface area contributed by atoms with E-state index in [2.05, 4.69) is 12.2 Å². The monoisotopic (exact) mass is 304 g/mol. The Hall–Kier alpha value is -1.55. The van der Waals surface area contributed by atoms with E-state index >= 15 is 0 Å². The molecule has 2 rings (SSSR count). The fraction of sp³-hybridized carbons (Fsp3) is 0.611.